The molecule has 1 aromatic carbocycles. The van der Waals surface area contributed by atoms with Crippen LogP contribution in [-0.2, 0) is 0 Å². The van der Waals surface area contributed by atoms with Crippen molar-refractivity contribution in [2.75, 3.05) is 6.61 Å². The lowest BCUT2D eigenvalue weighted by Crippen LogP contribution is -2.34. The van der Waals surface area contributed by atoms with Gasteiger partial charge in [-0.2, -0.15) is 0 Å². The quantitative estimate of drug-likeness (QED) is 0.690. The highest BCUT2D eigenvalue weighted by Crippen LogP contribution is 2.16. The van der Waals surface area contributed by atoms with Crippen LogP contribution >= 0.6 is 0 Å². The van der Waals surface area contributed by atoms with E-state index in [0.717, 1.165) is 0 Å². The molecule has 1 rings (SSSR count). The molecule has 0 spiro atoms. The van der Waals surface area contributed by atoms with E-state index in [0.29, 0.717) is 11.1 Å². The molecule has 0 heterocycles. The Bertz CT molecular complexity index is 363. The van der Waals surface area contributed by atoms with Gasteiger partial charge in [0.15, 0.2) is 0 Å². The van der Waals surface area contributed by atoms with E-state index in [2.05, 4.69) is 5.32 Å². The summed E-state index contributed by atoms with van der Waals surface area (Å²) in [5, 5.41) is 20.7. The first kappa shape index (κ1) is 11.5. The van der Waals surface area contributed by atoms with Gasteiger partial charge in [0.25, 0.3) is 5.91 Å². The fraction of sp³-hybridized carbons (Fsp3) is 0.364. The number of benzene rings is 1. The predicted octanol–water partition coefficient (Wildman–Crippen LogP) is 0.811. The Morgan fingerprint density at radius 2 is 2.20 bits per heavy atom. The first-order chi connectivity index (χ1) is 7.04. The highest BCUT2D eigenvalue weighted by molar-refractivity contribution is 5.94. The monoisotopic (exact) mass is 209 g/mol. The molecule has 1 unspecified atom stereocenters. The van der Waals surface area contributed by atoms with Crippen LogP contribution in [0.3, 0.4) is 0 Å². The van der Waals surface area contributed by atoms with E-state index in [4.69, 9.17) is 5.11 Å². The highest BCUT2D eigenvalue weighted by Gasteiger charge is 2.09. The zero-order valence-electron chi connectivity index (χ0n) is 8.82. The molecule has 0 bridgehead atoms. The lowest BCUT2D eigenvalue weighted by atomic mass is 10.1. The minimum absolute atomic E-state index is 0.0944. The molecule has 0 radical (unpaired) electrons. The molecule has 4 heteroatoms. The summed E-state index contributed by atoms with van der Waals surface area (Å²) in [5.74, 6) is -0.0820. The number of amides is 1. The summed E-state index contributed by atoms with van der Waals surface area (Å²) in [4.78, 5) is 11.6. The van der Waals surface area contributed by atoms with E-state index >= 15 is 0 Å². The largest absolute Gasteiger partial charge is 0.508 e. The number of hydrogen-bond donors (Lipinski definition) is 3. The number of aryl methyl sites for hydroxylation is 1. The summed E-state index contributed by atoms with van der Waals surface area (Å²) in [6.45, 7) is 3.34. The fourth-order valence-electron chi connectivity index (χ4n) is 1.15. The Hall–Kier alpha value is -1.55. The molecule has 0 aliphatic carbocycles. The van der Waals surface area contributed by atoms with Crippen LogP contribution in [0.2, 0.25) is 0 Å². The molecule has 0 aliphatic rings. The van der Waals surface area contributed by atoms with E-state index in [-0.39, 0.29) is 24.3 Å². The smallest absolute Gasteiger partial charge is 0.251 e. The molecular formula is C11H15NO3. The Labute approximate surface area is 88.6 Å². The summed E-state index contributed by atoms with van der Waals surface area (Å²) in [5.41, 5.74) is 1.13. The van der Waals surface area contributed by atoms with Crippen LogP contribution in [0.4, 0.5) is 0 Å². The number of carbonyl (C=O) groups is 1. The molecule has 82 valence electrons. The van der Waals surface area contributed by atoms with Gasteiger partial charge in [-0.15, -0.1) is 0 Å². The van der Waals surface area contributed by atoms with Gasteiger partial charge in [0, 0.05) is 11.6 Å². The van der Waals surface area contributed by atoms with Crippen molar-refractivity contribution >= 4 is 5.91 Å². The molecule has 15 heavy (non-hydrogen) atoms. The number of aromatic hydroxyl groups is 1. The predicted molar refractivity (Wildman–Crippen MR) is 56.9 cm³/mol. The van der Waals surface area contributed by atoms with Gasteiger partial charge in [0.05, 0.1) is 6.61 Å². The van der Waals surface area contributed by atoms with Crippen molar-refractivity contribution in [3.8, 4) is 5.75 Å². The van der Waals surface area contributed by atoms with Gasteiger partial charge in [-0.3, -0.25) is 4.79 Å². The van der Waals surface area contributed by atoms with Crippen molar-refractivity contribution in [3.05, 3.63) is 29.3 Å². The molecule has 3 N–H and O–H groups in total. The van der Waals surface area contributed by atoms with Crippen molar-refractivity contribution in [3.63, 3.8) is 0 Å². The number of nitrogens with one attached hydrogen (secondary N) is 1. The third-order valence-electron chi connectivity index (χ3n) is 2.11. The van der Waals surface area contributed by atoms with Gasteiger partial charge in [-0.1, -0.05) is 0 Å². The maximum atomic E-state index is 11.6. The van der Waals surface area contributed by atoms with Crippen molar-refractivity contribution in [2.45, 2.75) is 19.9 Å². The molecule has 0 aliphatic heterocycles. The Kier molecular flexibility index (Phi) is 3.68. The molecule has 0 saturated carbocycles. The summed E-state index contributed by atoms with van der Waals surface area (Å²) in [7, 11) is 0. The van der Waals surface area contributed by atoms with Crippen molar-refractivity contribution in [1.29, 1.82) is 0 Å². The van der Waals surface area contributed by atoms with Gasteiger partial charge in [0.1, 0.15) is 5.75 Å². The zero-order valence-corrected chi connectivity index (χ0v) is 8.82. The van der Waals surface area contributed by atoms with Gasteiger partial charge in [-0.25, -0.2) is 0 Å². The third-order valence-corrected chi connectivity index (χ3v) is 2.11. The van der Waals surface area contributed by atoms with Crippen molar-refractivity contribution < 1.29 is 15.0 Å². The average molecular weight is 209 g/mol. The van der Waals surface area contributed by atoms with Crippen LogP contribution in [0.15, 0.2) is 18.2 Å². The van der Waals surface area contributed by atoms with E-state index in [1.165, 1.54) is 6.07 Å². The Balaban J connectivity index is 2.78. The lowest BCUT2D eigenvalue weighted by Gasteiger charge is -2.11. The molecule has 1 aromatic rings. The molecule has 0 saturated heterocycles. The minimum atomic E-state index is -0.272. The van der Waals surface area contributed by atoms with Gasteiger partial charge < -0.3 is 15.5 Å². The first-order valence-corrected chi connectivity index (χ1v) is 4.76. The minimum Gasteiger partial charge on any atom is -0.508 e. The number of rotatable bonds is 3. The van der Waals surface area contributed by atoms with Crippen LogP contribution in [-0.4, -0.2) is 28.8 Å². The summed E-state index contributed by atoms with van der Waals surface area (Å²) in [6, 6.07) is 4.36. The third kappa shape index (κ3) is 2.95. The molecule has 1 atom stereocenters. The number of hydrogen-bond acceptors (Lipinski definition) is 3. The van der Waals surface area contributed by atoms with Crippen LogP contribution in [0, 0.1) is 6.92 Å². The van der Waals surface area contributed by atoms with E-state index in [1.807, 2.05) is 0 Å². The maximum Gasteiger partial charge on any atom is 0.251 e. The normalized spacial score (nSPS) is 12.2. The van der Waals surface area contributed by atoms with Crippen LogP contribution in [0.1, 0.15) is 22.8 Å². The second-order valence-corrected chi connectivity index (χ2v) is 3.56. The topological polar surface area (TPSA) is 69.6 Å². The SMILES string of the molecule is Cc1cc(C(=O)NC(C)CO)ccc1O. The number of carbonyl (C=O) groups excluding carboxylic acids is 1. The molecule has 1 amide bonds. The number of aliphatic hydroxyl groups excluding tert-OH is 1. The Morgan fingerprint density at radius 1 is 1.53 bits per heavy atom. The van der Waals surface area contributed by atoms with E-state index < -0.39 is 0 Å². The standard InChI is InChI=1S/C11H15NO3/c1-7-5-9(3-4-10(7)14)11(15)12-8(2)6-13/h3-5,8,13-14H,6H2,1-2H3,(H,12,15). The lowest BCUT2D eigenvalue weighted by molar-refractivity contribution is 0.0922. The summed E-state index contributed by atoms with van der Waals surface area (Å²) in [6.07, 6.45) is 0. The number of phenolic OH excluding ortho intramolecular Hbond substituents is 1. The first-order valence-electron chi connectivity index (χ1n) is 4.76. The second-order valence-electron chi connectivity index (χ2n) is 3.56. The Morgan fingerprint density at radius 3 is 2.73 bits per heavy atom. The second kappa shape index (κ2) is 4.79. The molecule has 0 fully saturated rings. The summed E-state index contributed by atoms with van der Waals surface area (Å²) < 4.78 is 0. The number of aliphatic hydroxyl groups is 1. The summed E-state index contributed by atoms with van der Waals surface area (Å²) >= 11 is 0. The van der Waals surface area contributed by atoms with E-state index in [9.17, 15) is 9.90 Å². The molecule has 4 nitrogen and oxygen atoms in total. The molecule has 0 aromatic heterocycles. The highest BCUT2D eigenvalue weighted by atomic mass is 16.3. The fourth-order valence-corrected chi connectivity index (χ4v) is 1.15. The van der Waals surface area contributed by atoms with Crippen LogP contribution in [0.5, 0.6) is 5.75 Å². The van der Waals surface area contributed by atoms with E-state index in [1.54, 1.807) is 26.0 Å². The van der Waals surface area contributed by atoms with Crippen molar-refractivity contribution in [1.82, 2.24) is 5.32 Å². The van der Waals surface area contributed by atoms with Gasteiger partial charge >= 0.3 is 0 Å². The maximum absolute atomic E-state index is 11.6. The van der Waals surface area contributed by atoms with Gasteiger partial charge in [-0.05, 0) is 37.6 Å². The average Bonchev–Trinajstić information content (AvgIpc) is 2.21. The van der Waals surface area contributed by atoms with Crippen LogP contribution < -0.4 is 5.32 Å². The van der Waals surface area contributed by atoms with Gasteiger partial charge in [0.2, 0.25) is 0 Å². The molecular weight excluding hydrogens is 194 g/mol. The number of phenols is 1. The zero-order chi connectivity index (χ0) is 11.4. The van der Waals surface area contributed by atoms with Crippen molar-refractivity contribution in [2.24, 2.45) is 0 Å². The van der Waals surface area contributed by atoms with Crippen LogP contribution in [0.25, 0.3) is 0 Å².